The number of pyridine rings is 1. The third kappa shape index (κ3) is 4.21. The number of carboxylic acid groups (broad SMARTS) is 1. The van der Waals surface area contributed by atoms with Gasteiger partial charge in [-0.05, 0) is 19.8 Å². The van der Waals surface area contributed by atoms with Gasteiger partial charge in [-0.15, -0.1) is 0 Å². The monoisotopic (exact) mass is 381 g/mol. The van der Waals surface area contributed by atoms with Crippen LogP contribution in [-0.2, 0) is 4.79 Å². The van der Waals surface area contributed by atoms with Gasteiger partial charge in [0.25, 0.3) is 17.4 Å². The summed E-state index contributed by atoms with van der Waals surface area (Å²) >= 11 is 0. The van der Waals surface area contributed by atoms with Gasteiger partial charge in [0, 0.05) is 12.6 Å². The minimum Gasteiger partial charge on any atom is -0.506 e. The Morgan fingerprint density at radius 1 is 1.04 bits per heavy atom. The normalized spacial score (nSPS) is 14.6. The van der Waals surface area contributed by atoms with Crippen LogP contribution >= 0.6 is 0 Å². The average Bonchev–Trinajstić information content (AvgIpc) is 2.61. The molecule has 1 aliphatic carbocycles. The van der Waals surface area contributed by atoms with Crippen molar-refractivity contribution in [2.24, 2.45) is 0 Å². The van der Waals surface area contributed by atoms with Crippen LogP contribution in [-0.4, -0.2) is 50.8 Å². The van der Waals surface area contributed by atoms with E-state index in [1.54, 1.807) is 6.92 Å². The third-order valence-corrected chi connectivity index (χ3v) is 4.49. The summed E-state index contributed by atoms with van der Waals surface area (Å²) in [7, 11) is 0. The lowest BCUT2D eigenvalue weighted by atomic mass is 9.94. The molecule has 0 spiro atoms. The summed E-state index contributed by atoms with van der Waals surface area (Å²) in [6, 6.07) is -0.425. The highest BCUT2D eigenvalue weighted by atomic mass is 16.4. The maximum atomic E-state index is 12.8. The van der Waals surface area contributed by atoms with Crippen molar-refractivity contribution in [3.63, 3.8) is 0 Å². The molecule has 0 radical (unpaired) electrons. The number of aromatic nitrogens is 1. The highest BCUT2D eigenvalue weighted by Crippen LogP contribution is 2.35. The maximum Gasteiger partial charge on any atom is 0.322 e. The standard InChI is InChI=1S/C17H23N3O7/c1-2-18-14(24)11-13(23)12(15(25)19-8-10(21)22)17(27)20(16(11)26)9-6-4-3-5-7-9/h9,23,26H,2-8H2,1H3,(H,18,24)(H,19,25)(H,21,22). The first-order valence-corrected chi connectivity index (χ1v) is 8.78. The van der Waals surface area contributed by atoms with E-state index in [4.69, 9.17) is 5.11 Å². The predicted molar refractivity (Wildman–Crippen MR) is 94.1 cm³/mol. The second-order valence-electron chi connectivity index (χ2n) is 6.33. The quantitative estimate of drug-likeness (QED) is 0.475. The number of carboxylic acids is 1. The van der Waals surface area contributed by atoms with Gasteiger partial charge >= 0.3 is 5.97 Å². The Balaban J connectivity index is 2.65. The van der Waals surface area contributed by atoms with E-state index in [1.165, 1.54) is 0 Å². The topological polar surface area (TPSA) is 158 Å². The fourth-order valence-corrected chi connectivity index (χ4v) is 3.25. The minimum atomic E-state index is -1.34. The highest BCUT2D eigenvalue weighted by Gasteiger charge is 2.32. The largest absolute Gasteiger partial charge is 0.506 e. The second-order valence-corrected chi connectivity index (χ2v) is 6.33. The van der Waals surface area contributed by atoms with Crippen molar-refractivity contribution in [1.29, 1.82) is 0 Å². The van der Waals surface area contributed by atoms with Crippen LogP contribution in [0.25, 0.3) is 0 Å². The van der Waals surface area contributed by atoms with E-state index in [1.807, 2.05) is 5.32 Å². The molecule has 0 atom stereocenters. The van der Waals surface area contributed by atoms with Gasteiger partial charge in [0.15, 0.2) is 5.75 Å². The Bertz CT molecular complexity index is 810. The van der Waals surface area contributed by atoms with Crippen molar-refractivity contribution >= 4 is 17.8 Å². The van der Waals surface area contributed by atoms with Gasteiger partial charge < -0.3 is 26.0 Å². The molecule has 1 aromatic rings. The molecule has 1 aliphatic rings. The van der Waals surface area contributed by atoms with Crippen molar-refractivity contribution in [2.45, 2.75) is 45.1 Å². The van der Waals surface area contributed by atoms with Crippen LogP contribution in [0.15, 0.2) is 4.79 Å². The summed E-state index contributed by atoms with van der Waals surface area (Å²) < 4.78 is 0.957. The molecule has 10 heteroatoms. The highest BCUT2D eigenvalue weighted by molar-refractivity contribution is 6.05. The van der Waals surface area contributed by atoms with E-state index in [9.17, 15) is 29.4 Å². The smallest absolute Gasteiger partial charge is 0.322 e. The molecule has 148 valence electrons. The number of aromatic hydroxyl groups is 2. The third-order valence-electron chi connectivity index (χ3n) is 4.49. The molecule has 10 nitrogen and oxygen atoms in total. The molecule has 5 N–H and O–H groups in total. The number of aliphatic carboxylic acids is 1. The molecular weight excluding hydrogens is 358 g/mol. The Morgan fingerprint density at radius 3 is 2.19 bits per heavy atom. The Kier molecular flexibility index (Phi) is 6.43. The van der Waals surface area contributed by atoms with Gasteiger partial charge in [-0.1, -0.05) is 19.3 Å². The molecule has 1 fully saturated rings. The average molecular weight is 381 g/mol. The van der Waals surface area contributed by atoms with Crippen LogP contribution in [0.5, 0.6) is 11.6 Å². The molecule has 1 saturated carbocycles. The zero-order valence-corrected chi connectivity index (χ0v) is 14.9. The first-order chi connectivity index (χ1) is 12.8. The Morgan fingerprint density at radius 2 is 1.63 bits per heavy atom. The fourth-order valence-electron chi connectivity index (χ4n) is 3.25. The van der Waals surface area contributed by atoms with Crippen LogP contribution in [0.3, 0.4) is 0 Å². The molecule has 1 heterocycles. The van der Waals surface area contributed by atoms with Gasteiger partial charge in [0.2, 0.25) is 5.88 Å². The number of amides is 2. The molecule has 2 rings (SSSR count). The summed E-state index contributed by atoms with van der Waals surface area (Å²) in [6.45, 7) is 1.06. The summed E-state index contributed by atoms with van der Waals surface area (Å²) in [5, 5.41) is 34.0. The minimum absolute atomic E-state index is 0.195. The molecule has 2 amide bonds. The van der Waals surface area contributed by atoms with Crippen molar-refractivity contribution in [2.75, 3.05) is 13.1 Å². The molecule has 0 aromatic carbocycles. The van der Waals surface area contributed by atoms with Crippen LogP contribution in [0, 0.1) is 0 Å². The number of nitrogens with zero attached hydrogens (tertiary/aromatic N) is 1. The lowest BCUT2D eigenvalue weighted by molar-refractivity contribution is -0.135. The van der Waals surface area contributed by atoms with Crippen molar-refractivity contribution in [3.8, 4) is 11.6 Å². The number of hydrogen-bond donors (Lipinski definition) is 5. The van der Waals surface area contributed by atoms with Crippen molar-refractivity contribution in [3.05, 3.63) is 21.5 Å². The van der Waals surface area contributed by atoms with E-state index >= 15 is 0 Å². The van der Waals surface area contributed by atoms with Crippen molar-refractivity contribution in [1.82, 2.24) is 15.2 Å². The maximum absolute atomic E-state index is 12.8. The Hall–Kier alpha value is -3.04. The first-order valence-electron chi connectivity index (χ1n) is 8.78. The second kappa shape index (κ2) is 8.56. The first kappa shape index (κ1) is 20.3. The van der Waals surface area contributed by atoms with Crippen LogP contribution < -0.4 is 16.2 Å². The predicted octanol–water partition coefficient (Wildman–Crippen LogP) is 0.329. The van der Waals surface area contributed by atoms with Gasteiger partial charge in [-0.3, -0.25) is 23.7 Å². The molecule has 0 saturated heterocycles. The van der Waals surface area contributed by atoms with Gasteiger partial charge in [0.05, 0.1) is 0 Å². The lowest BCUT2D eigenvalue weighted by Crippen LogP contribution is -2.38. The molecule has 27 heavy (non-hydrogen) atoms. The van der Waals surface area contributed by atoms with Gasteiger partial charge in [-0.25, -0.2) is 0 Å². The van der Waals surface area contributed by atoms with Crippen molar-refractivity contribution < 1.29 is 29.7 Å². The zero-order chi connectivity index (χ0) is 20.1. The number of carbonyl (C=O) groups excluding carboxylic acids is 2. The van der Waals surface area contributed by atoms with Crippen LogP contribution in [0.1, 0.15) is 65.8 Å². The van der Waals surface area contributed by atoms with E-state index in [0.29, 0.717) is 12.8 Å². The lowest BCUT2D eigenvalue weighted by Gasteiger charge is -2.26. The van der Waals surface area contributed by atoms with E-state index < -0.39 is 58.7 Å². The summed E-state index contributed by atoms with van der Waals surface area (Å²) in [4.78, 5) is 48.1. The SMILES string of the molecule is CCNC(=O)c1c(O)c(C(=O)NCC(=O)O)c(=O)n(C2CCCCC2)c1O. The molecular formula is C17H23N3O7. The van der Waals surface area contributed by atoms with Crippen LogP contribution in [0.2, 0.25) is 0 Å². The summed E-state index contributed by atoms with van der Waals surface area (Å²) in [5.74, 6) is -4.99. The van der Waals surface area contributed by atoms with Crippen LogP contribution in [0.4, 0.5) is 0 Å². The van der Waals surface area contributed by atoms with Gasteiger partial charge in [0.1, 0.15) is 17.7 Å². The van der Waals surface area contributed by atoms with Gasteiger partial charge in [-0.2, -0.15) is 0 Å². The zero-order valence-electron chi connectivity index (χ0n) is 14.9. The molecule has 0 bridgehead atoms. The Labute approximate surface area is 154 Å². The van der Waals surface area contributed by atoms with E-state index in [2.05, 4.69) is 5.32 Å². The number of nitrogens with one attached hydrogen (secondary N) is 2. The number of hydrogen-bond acceptors (Lipinski definition) is 6. The molecule has 0 unspecified atom stereocenters. The summed E-state index contributed by atoms with van der Waals surface area (Å²) in [5.41, 5.74) is -2.31. The number of rotatable bonds is 6. The molecule has 0 aliphatic heterocycles. The number of carbonyl (C=O) groups is 3. The summed E-state index contributed by atoms with van der Waals surface area (Å²) in [6.07, 6.45) is 3.74. The van der Waals surface area contributed by atoms with E-state index in [-0.39, 0.29) is 6.54 Å². The van der Waals surface area contributed by atoms with E-state index in [0.717, 1.165) is 23.8 Å². The fraction of sp³-hybridized carbons (Fsp3) is 0.529. The molecule has 1 aromatic heterocycles.